The fraction of sp³-hybridized carbons (Fsp3) is 0.308. The van der Waals surface area contributed by atoms with Crippen LogP contribution in [0.2, 0.25) is 5.02 Å². The largest absolute Gasteiger partial charge is 0.390 e. The molecule has 0 atom stereocenters. The smallest absolute Gasteiger partial charge is 0.150 e. The van der Waals surface area contributed by atoms with Crippen LogP contribution >= 0.6 is 11.6 Å². The Hall–Kier alpha value is -1.39. The van der Waals surface area contributed by atoms with Gasteiger partial charge in [0.1, 0.15) is 11.5 Å². The minimum Gasteiger partial charge on any atom is -0.390 e. The zero-order chi connectivity index (χ0) is 12.7. The van der Waals surface area contributed by atoms with Crippen molar-refractivity contribution in [1.29, 1.82) is 0 Å². The van der Waals surface area contributed by atoms with Gasteiger partial charge < -0.3 is 5.11 Å². The van der Waals surface area contributed by atoms with E-state index in [1.807, 2.05) is 0 Å². The van der Waals surface area contributed by atoms with Crippen LogP contribution in [0.5, 0.6) is 0 Å². The molecule has 0 bridgehead atoms. The molecule has 3 nitrogen and oxygen atoms in total. The van der Waals surface area contributed by atoms with Crippen molar-refractivity contribution in [3.63, 3.8) is 0 Å². The van der Waals surface area contributed by atoms with E-state index in [2.05, 4.69) is 5.10 Å². The van der Waals surface area contributed by atoms with Crippen LogP contribution in [0.4, 0.5) is 4.39 Å². The van der Waals surface area contributed by atoms with Crippen LogP contribution < -0.4 is 0 Å². The molecular formula is C13H12ClFN2O. The highest BCUT2D eigenvalue weighted by Gasteiger charge is 2.29. The monoisotopic (exact) mass is 266 g/mol. The van der Waals surface area contributed by atoms with Crippen LogP contribution in [0.1, 0.15) is 30.0 Å². The Bertz CT molecular complexity index is 572. The van der Waals surface area contributed by atoms with E-state index in [0.29, 0.717) is 11.6 Å². The summed E-state index contributed by atoms with van der Waals surface area (Å²) in [5, 5.41) is 13.9. The second-order valence-corrected chi connectivity index (χ2v) is 4.87. The maximum Gasteiger partial charge on any atom is 0.150 e. The molecule has 0 radical (unpaired) electrons. The normalized spacial score (nSPS) is 15.1. The van der Waals surface area contributed by atoms with Gasteiger partial charge in [0, 0.05) is 0 Å². The van der Waals surface area contributed by atoms with Crippen LogP contribution in [0.25, 0.3) is 5.69 Å². The lowest BCUT2D eigenvalue weighted by molar-refractivity contribution is 0.271. The number of nitrogens with zero attached hydrogens (tertiary/aromatic N) is 2. The topological polar surface area (TPSA) is 38.1 Å². The van der Waals surface area contributed by atoms with Gasteiger partial charge in [0.2, 0.25) is 0 Å². The highest BCUT2D eigenvalue weighted by Crippen LogP contribution is 2.42. The van der Waals surface area contributed by atoms with Gasteiger partial charge in [-0.1, -0.05) is 17.7 Å². The molecule has 1 heterocycles. The molecule has 0 aliphatic heterocycles. The predicted octanol–water partition coefficient (Wildman–Crippen LogP) is 3.03. The molecule has 1 aromatic heterocycles. The van der Waals surface area contributed by atoms with Crippen molar-refractivity contribution in [3.05, 3.63) is 46.5 Å². The summed E-state index contributed by atoms with van der Waals surface area (Å²) >= 11 is 6.01. The Morgan fingerprint density at radius 2 is 2.22 bits per heavy atom. The van der Waals surface area contributed by atoms with E-state index in [-0.39, 0.29) is 17.3 Å². The lowest BCUT2D eigenvalue weighted by atomic mass is 10.1. The standard InChI is InChI=1S/C13H12ClFN2O/c14-10-2-1-3-11(15)13(10)17-12(7-18)9(6-16-17)8-4-5-8/h1-3,6,8,18H,4-5,7H2. The first-order valence-corrected chi connectivity index (χ1v) is 6.22. The first-order valence-electron chi connectivity index (χ1n) is 5.84. The Labute approximate surface area is 109 Å². The Morgan fingerprint density at radius 1 is 1.44 bits per heavy atom. The van der Waals surface area contributed by atoms with Crippen molar-refractivity contribution < 1.29 is 9.50 Å². The van der Waals surface area contributed by atoms with E-state index in [9.17, 15) is 9.50 Å². The summed E-state index contributed by atoms with van der Waals surface area (Å²) in [6.07, 6.45) is 3.90. The number of aliphatic hydroxyl groups is 1. The van der Waals surface area contributed by atoms with Crippen molar-refractivity contribution in [2.75, 3.05) is 0 Å². The van der Waals surface area contributed by atoms with Gasteiger partial charge in [0.05, 0.1) is 23.5 Å². The van der Waals surface area contributed by atoms with E-state index in [0.717, 1.165) is 18.4 Å². The van der Waals surface area contributed by atoms with Crippen LogP contribution in [0, 0.1) is 5.82 Å². The van der Waals surface area contributed by atoms with Crippen LogP contribution in [0.15, 0.2) is 24.4 Å². The minimum atomic E-state index is -0.442. The predicted molar refractivity (Wildman–Crippen MR) is 66.4 cm³/mol. The summed E-state index contributed by atoms with van der Waals surface area (Å²) in [7, 11) is 0. The minimum absolute atomic E-state index is 0.170. The van der Waals surface area contributed by atoms with Crippen molar-refractivity contribution in [2.45, 2.75) is 25.4 Å². The van der Waals surface area contributed by atoms with E-state index in [1.54, 1.807) is 18.3 Å². The fourth-order valence-corrected chi connectivity index (χ4v) is 2.41. The molecule has 94 valence electrons. The molecule has 1 fully saturated rings. The lowest BCUT2D eigenvalue weighted by Crippen LogP contribution is -2.06. The quantitative estimate of drug-likeness (QED) is 0.927. The molecule has 18 heavy (non-hydrogen) atoms. The van der Waals surface area contributed by atoms with Crippen LogP contribution in [0.3, 0.4) is 0 Å². The zero-order valence-electron chi connectivity index (χ0n) is 9.61. The molecule has 5 heteroatoms. The number of benzene rings is 1. The van der Waals surface area contributed by atoms with Gasteiger partial charge in [-0.3, -0.25) is 0 Å². The van der Waals surface area contributed by atoms with Crippen LogP contribution in [-0.4, -0.2) is 14.9 Å². The molecule has 0 spiro atoms. The maximum atomic E-state index is 13.9. The number of rotatable bonds is 3. The van der Waals surface area contributed by atoms with Gasteiger partial charge in [0.15, 0.2) is 0 Å². The van der Waals surface area contributed by atoms with Crippen molar-refractivity contribution >= 4 is 11.6 Å². The molecule has 0 unspecified atom stereocenters. The van der Waals surface area contributed by atoms with Crippen molar-refractivity contribution in [3.8, 4) is 5.69 Å². The van der Waals surface area contributed by atoms with Crippen LogP contribution in [-0.2, 0) is 6.61 Å². The number of halogens is 2. The highest BCUT2D eigenvalue weighted by atomic mass is 35.5. The van der Waals surface area contributed by atoms with Gasteiger partial charge in [0.25, 0.3) is 0 Å². The van der Waals surface area contributed by atoms with Gasteiger partial charge >= 0.3 is 0 Å². The van der Waals surface area contributed by atoms with Gasteiger partial charge in [-0.25, -0.2) is 9.07 Å². The first kappa shape index (κ1) is 11.7. The third-order valence-corrected chi connectivity index (χ3v) is 3.52. The molecule has 0 amide bonds. The highest BCUT2D eigenvalue weighted by molar-refractivity contribution is 6.32. The number of para-hydroxylation sites is 1. The van der Waals surface area contributed by atoms with Crippen molar-refractivity contribution in [2.24, 2.45) is 0 Å². The number of aromatic nitrogens is 2. The number of hydrogen-bond acceptors (Lipinski definition) is 2. The second-order valence-electron chi connectivity index (χ2n) is 4.46. The summed E-state index contributed by atoms with van der Waals surface area (Å²) in [6.45, 7) is -0.170. The lowest BCUT2D eigenvalue weighted by Gasteiger charge is -2.09. The first-order chi connectivity index (χ1) is 8.72. The third kappa shape index (κ3) is 1.82. The molecule has 1 aliphatic carbocycles. The summed E-state index contributed by atoms with van der Waals surface area (Å²) in [5.74, 6) is 0.00842. The average Bonchev–Trinajstić information content (AvgIpc) is 3.10. The summed E-state index contributed by atoms with van der Waals surface area (Å²) < 4.78 is 15.3. The molecule has 1 aromatic carbocycles. The molecule has 1 N–H and O–H groups in total. The SMILES string of the molecule is OCc1c(C2CC2)cnn1-c1c(F)cccc1Cl. The average molecular weight is 267 g/mol. The summed E-state index contributed by atoms with van der Waals surface area (Å²) in [4.78, 5) is 0. The summed E-state index contributed by atoms with van der Waals surface area (Å²) in [6, 6.07) is 4.49. The van der Waals surface area contributed by atoms with Gasteiger partial charge in [-0.05, 0) is 36.5 Å². The zero-order valence-corrected chi connectivity index (χ0v) is 10.4. The molecule has 0 saturated heterocycles. The van der Waals surface area contributed by atoms with Gasteiger partial charge in [-0.2, -0.15) is 5.10 Å². The maximum absolute atomic E-state index is 13.9. The summed E-state index contributed by atoms with van der Waals surface area (Å²) in [5.41, 5.74) is 1.83. The number of aliphatic hydroxyl groups excluding tert-OH is 1. The second kappa shape index (κ2) is 4.37. The Kier molecular flexibility index (Phi) is 2.84. The molecule has 2 aromatic rings. The van der Waals surface area contributed by atoms with Crippen molar-refractivity contribution in [1.82, 2.24) is 9.78 Å². The Morgan fingerprint density at radius 3 is 2.83 bits per heavy atom. The molecule has 1 aliphatic rings. The molecule has 1 saturated carbocycles. The molecular weight excluding hydrogens is 255 g/mol. The van der Waals surface area contributed by atoms with E-state index in [4.69, 9.17) is 11.6 Å². The van der Waals surface area contributed by atoms with E-state index < -0.39 is 5.82 Å². The third-order valence-electron chi connectivity index (χ3n) is 3.22. The Balaban J connectivity index is 2.16. The van der Waals surface area contributed by atoms with E-state index >= 15 is 0 Å². The van der Waals surface area contributed by atoms with E-state index in [1.165, 1.54) is 10.7 Å². The van der Waals surface area contributed by atoms with Gasteiger partial charge in [-0.15, -0.1) is 0 Å². The fourth-order valence-electron chi connectivity index (χ4n) is 2.16. The molecule has 3 rings (SSSR count). The number of hydrogen-bond donors (Lipinski definition) is 1.